The van der Waals surface area contributed by atoms with Crippen LogP contribution in [0.5, 0.6) is 11.5 Å². The van der Waals surface area contributed by atoms with Gasteiger partial charge in [-0.1, -0.05) is 0 Å². The predicted molar refractivity (Wildman–Crippen MR) is 96.6 cm³/mol. The first-order valence-electron chi connectivity index (χ1n) is 8.62. The molecule has 1 aromatic carbocycles. The number of hydrogen-bond donors (Lipinski definition) is 4. The average molecular weight is 397 g/mol. The molecule has 11 nitrogen and oxygen atoms in total. The molecule has 11 heteroatoms. The second-order valence-electron chi connectivity index (χ2n) is 5.86. The number of rotatable bonds is 6. The van der Waals surface area contributed by atoms with Gasteiger partial charge in [0.25, 0.3) is 0 Å². The monoisotopic (exact) mass is 397 g/mol. The van der Waals surface area contributed by atoms with E-state index in [0.717, 1.165) is 39.4 Å². The Kier molecular flexibility index (Phi) is 8.46. The standard InChI is InChI=1S/C15H21N3O4.C2H2O4/c19-15(10-16-3-4-18-5-7-20-8-6-18)17-12-1-2-13-14(9-12)22-11-21-13;3-1(4)2(5)6/h1-2,9,16H,3-8,10-11H2,(H,17,19);(H,3,4)(H,5,6). The molecule has 2 heterocycles. The van der Waals surface area contributed by atoms with Crippen molar-refractivity contribution in [3.05, 3.63) is 18.2 Å². The summed E-state index contributed by atoms with van der Waals surface area (Å²) in [5.74, 6) is -2.34. The topological polar surface area (TPSA) is 147 Å². The van der Waals surface area contributed by atoms with Crippen LogP contribution in [0.15, 0.2) is 18.2 Å². The van der Waals surface area contributed by atoms with Crippen LogP contribution in [0, 0.1) is 0 Å². The third-order valence-corrected chi connectivity index (χ3v) is 3.83. The summed E-state index contributed by atoms with van der Waals surface area (Å²) >= 11 is 0. The third-order valence-electron chi connectivity index (χ3n) is 3.83. The zero-order valence-electron chi connectivity index (χ0n) is 15.2. The second kappa shape index (κ2) is 11.1. The SMILES string of the molecule is O=C(CNCCN1CCOCC1)Nc1ccc2c(c1)OCO2.O=C(O)C(=O)O. The second-order valence-corrected chi connectivity index (χ2v) is 5.86. The number of nitrogens with one attached hydrogen (secondary N) is 2. The maximum atomic E-state index is 11.9. The van der Waals surface area contributed by atoms with Crippen molar-refractivity contribution in [3.63, 3.8) is 0 Å². The number of amides is 1. The number of carbonyl (C=O) groups excluding carboxylic acids is 1. The summed E-state index contributed by atoms with van der Waals surface area (Å²) in [4.78, 5) is 32.4. The van der Waals surface area contributed by atoms with Crippen molar-refractivity contribution in [1.82, 2.24) is 10.2 Å². The summed E-state index contributed by atoms with van der Waals surface area (Å²) in [6, 6.07) is 5.37. The highest BCUT2D eigenvalue weighted by Gasteiger charge is 2.14. The molecule has 0 aliphatic carbocycles. The fourth-order valence-corrected chi connectivity index (χ4v) is 2.44. The highest BCUT2D eigenvalue weighted by atomic mass is 16.7. The maximum Gasteiger partial charge on any atom is 0.414 e. The summed E-state index contributed by atoms with van der Waals surface area (Å²) in [7, 11) is 0. The molecule has 0 radical (unpaired) electrons. The van der Waals surface area contributed by atoms with Gasteiger partial charge in [0.15, 0.2) is 11.5 Å². The lowest BCUT2D eigenvalue weighted by Crippen LogP contribution is -2.41. The lowest BCUT2D eigenvalue weighted by molar-refractivity contribution is -0.159. The smallest absolute Gasteiger partial charge is 0.414 e. The van der Waals surface area contributed by atoms with E-state index in [1.54, 1.807) is 18.2 Å². The molecule has 0 atom stereocenters. The Hall–Kier alpha value is -2.89. The Balaban J connectivity index is 0.000000409. The predicted octanol–water partition coefficient (Wildman–Crippen LogP) is -0.569. The highest BCUT2D eigenvalue weighted by molar-refractivity contribution is 6.27. The van der Waals surface area contributed by atoms with Crippen molar-refractivity contribution in [2.45, 2.75) is 0 Å². The average Bonchev–Trinajstić information content (AvgIpc) is 3.14. The number of morpholine rings is 1. The molecule has 2 aliphatic heterocycles. The van der Waals surface area contributed by atoms with Crippen LogP contribution in [0.25, 0.3) is 0 Å². The number of carboxylic acids is 2. The molecule has 0 unspecified atom stereocenters. The van der Waals surface area contributed by atoms with Crippen molar-refractivity contribution in [2.75, 3.05) is 58.0 Å². The number of fused-ring (bicyclic) bond motifs is 1. The molecule has 0 bridgehead atoms. The van der Waals surface area contributed by atoms with Crippen LogP contribution in [0.2, 0.25) is 0 Å². The fraction of sp³-hybridized carbons (Fsp3) is 0.471. The number of ether oxygens (including phenoxy) is 3. The maximum absolute atomic E-state index is 11.9. The molecule has 3 rings (SSSR count). The molecular formula is C17H23N3O8. The molecule has 0 saturated carbocycles. The number of carbonyl (C=O) groups is 3. The summed E-state index contributed by atoms with van der Waals surface area (Å²) < 4.78 is 15.8. The van der Waals surface area contributed by atoms with Gasteiger partial charge in [-0.05, 0) is 12.1 Å². The molecule has 1 amide bonds. The first kappa shape index (κ1) is 21.4. The molecule has 0 spiro atoms. The first-order valence-corrected chi connectivity index (χ1v) is 8.62. The Morgan fingerprint density at radius 3 is 2.39 bits per heavy atom. The molecule has 1 saturated heterocycles. The van der Waals surface area contributed by atoms with Crippen molar-refractivity contribution < 1.29 is 38.8 Å². The van der Waals surface area contributed by atoms with Crippen LogP contribution in [0.1, 0.15) is 0 Å². The van der Waals surface area contributed by atoms with Gasteiger partial charge in [0.05, 0.1) is 19.8 Å². The van der Waals surface area contributed by atoms with E-state index in [0.29, 0.717) is 23.7 Å². The van der Waals surface area contributed by atoms with E-state index in [2.05, 4.69) is 15.5 Å². The van der Waals surface area contributed by atoms with Gasteiger partial charge in [-0.3, -0.25) is 9.69 Å². The molecule has 2 aliphatic rings. The van der Waals surface area contributed by atoms with Crippen LogP contribution in [-0.2, 0) is 19.1 Å². The largest absolute Gasteiger partial charge is 0.473 e. The minimum Gasteiger partial charge on any atom is -0.473 e. The number of nitrogens with zero attached hydrogens (tertiary/aromatic N) is 1. The third kappa shape index (κ3) is 7.39. The Labute approximate surface area is 161 Å². The van der Waals surface area contributed by atoms with Crippen molar-refractivity contribution in [3.8, 4) is 11.5 Å². The van der Waals surface area contributed by atoms with Crippen LogP contribution < -0.4 is 20.1 Å². The quantitative estimate of drug-likeness (QED) is 0.363. The van der Waals surface area contributed by atoms with E-state index in [1.807, 2.05) is 0 Å². The summed E-state index contributed by atoms with van der Waals surface area (Å²) in [6.07, 6.45) is 0. The Morgan fingerprint density at radius 1 is 1.04 bits per heavy atom. The van der Waals surface area contributed by atoms with Gasteiger partial charge in [0.1, 0.15) is 0 Å². The Bertz CT molecular complexity index is 679. The fourth-order valence-electron chi connectivity index (χ4n) is 2.44. The van der Waals surface area contributed by atoms with Gasteiger partial charge in [-0.2, -0.15) is 0 Å². The molecule has 0 aromatic heterocycles. The molecule has 1 fully saturated rings. The van der Waals surface area contributed by atoms with Crippen LogP contribution in [-0.4, -0.2) is 85.7 Å². The zero-order chi connectivity index (χ0) is 20.4. The molecular weight excluding hydrogens is 374 g/mol. The van der Waals surface area contributed by atoms with Crippen molar-refractivity contribution in [1.29, 1.82) is 0 Å². The minimum atomic E-state index is -1.82. The van der Waals surface area contributed by atoms with Gasteiger partial charge in [-0.15, -0.1) is 0 Å². The molecule has 4 N–H and O–H groups in total. The summed E-state index contributed by atoms with van der Waals surface area (Å²) in [5, 5.41) is 20.8. The highest BCUT2D eigenvalue weighted by Crippen LogP contribution is 2.34. The van der Waals surface area contributed by atoms with Crippen LogP contribution in [0.4, 0.5) is 5.69 Å². The minimum absolute atomic E-state index is 0.0687. The van der Waals surface area contributed by atoms with Gasteiger partial charge in [-0.25, -0.2) is 9.59 Å². The summed E-state index contributed by atoms with van der Waals surface area (Å²) in [6.45, 7) is 5.76. The van der Waals surface area contributed by atoms with E-state index in [1.165, 1.54) is 0 Å². The van der Waals surface area contributed by atoms with Crippen LogP contribution >= 0.6 is 0 Å². The van der Waals surface area contributed by atoms with Gasteiger partial charge in [0.2, 0.25) is 12.7 Å². The lowest BCUT2D eigenvalue weighted by atomic mass is 10.3. The molecule has 154 valence electrons. The van der Waals surface area contributed by atoms with Crippen LogP contribution in [0.3, 0.4) is 0 Å². The number of anilines is 1. The van der Waals surface area contributed by atoms with Gasteiger partial charge >= 0.3 is 11.9 Å². The van der Waals surface area contributed by atoms with Gasteiger partial charge < -0.3 is 35.1 Å². The summed E-state index contributed by atoms with van der Waals surface area (Å²) in [5.41, 5.74) is 0.712. The molecule has 28 heavy (non-hydrogen) atoms. The normalized spacial score (nSPS) is 15.3. The van der Waals surface area contributed by atoms with E-state index >= 15 is 0 Å². The zero-order valence-corrected chi connectivity index (χ0v) is 15.2. The molecule has 1 aromatic rings. The van der Waals surface area contributed by atoms with Gasteiger partial charge in [0, 0.05) is 37.9 Å². The number of aliphatic carboxylic acids is 2. The van der Waals surface area contributed by atoms with E-state index in [4.69, 9.17) is 34.0 Å². The first-order chi connectivity index (χ1) is 13.5. The van der Waals surface area contributed by atoms with E-state index in [-0.39, 0.29) is 12.7 Å². The van der Waals surface area contributed by atoms with E-state index in [9.17, 15) is 4.79 Å². The number of benzene rings is 1. The Morgan fingerprint density at radius 2 is 1.71 bits per heavy atom. The van der Waals surface area contributed by atoms with Crippen molar-refractivity contribution >= 4 is 23.5 Å². The number of hydrogen-bond acceptors (Lipinski definition) is 8. The van der Waals surface area contributed by atoms with Crippen molar-refractivity contribution in [2.24, 2.45) is 0 Å². The number of carboxylic acid groups (broad SMARTS) is 2. The lowest BCUT2D eigenvalue weighted by Gasteiger charge is -2.26. The van der Waals surface area contributed by atoms with E-state index < -0.39 is 11.9 Å².